The lowest BCUT2D eigenvalue weighted by Crippen LogP contribution is -2.42. The summed E-state index contributed by atoms with van der Waals surface area (Å²) in [6, 6.07) is 1.42. The molecule has 10 heteroatoms. The standard InChI is InChI=1S/C16H17Cl2N3O4S.C4H10/c1-2-13(23)21(7-9-3-4-19-15(9)24)8-10(22)6-20-16(25)12-5-11(17)14(18)26-12;1-4(2)3/h2,5,9H,1,3-4,6-8H2,(H,19,24)(H,20,25);4H,1-3H3/t9-;/m0./s1. The highest BCUT2D eigenvalue weighted by molar-refractivity contribution is 7.18. The molecule has 3 amide bonds. The van der Waals surface area contributed by atoms with Gasteiger partial charge >= 0.3 is 0 Å². The van der Waals surface area contributed by atoms with E-state index in [1.807, 2.05) is 0 Å². The van der Waals surface area contributed by atoms with Gasteiger partial charge in [0, 0.05) is 13.1 Å². The summed E-state index contributed by atoms with van der Waals surface area (Å²) < 4.78 is 0.292. The van der Waals surface area contributed by atoms with Crippen LogP contribution in [0.25, 0.3) is 0 Å². The van der Waals surface area contributed by atoms with E-state index < -0.39 is 11.8 Å². The Bertz CT molecular complexity index is 773. The molecule has 2 heterocycles. The lowest BCUT2D eigenvalue weighted by Gasteiger charge is -2.22. The fraction of sp³-hybridized carbons (Fsp3) is 0.500. The summed E-state index contributed by atoms with van der Waals surface area (Å²) in [7, 11) is 0. The van der Waals surface area contributed by atoms with Gasteiger partial charge in [0.2, 0.25) is 11.8 Å². The van der Waals surface area contributed by atoms with Crippen molar-refractivity contribution in [3.05, 3.63) is 33.0 Å². The molecule has 1 aromatic heterocycles. The topological polar surface area (TPSA) is 95.6 Å². The summed E-state index contributed by atoms with van der Waals surface area (Å²) in [4.78, 5) is 49.3. The quantitative estimate of drug-likeness (QED) is 0.564. The third-order valence-electron chi connectivity index (χ3n) is 3.77. The van der Waals surface area contributed by atoms with Crippen molar-refractivity contribution in [2.75, 3.05) is 26.2 Å². The van der Waals surface area contributed by atoms with Crippen LogP contribution < -0.4 is 10.6 Å². The number of halogens is 2. The first-order chi connectivity index (χ1) is 14.0. The van der Waals surface area contributed by atoms with Gasteiger partial charge in [-0.05, 0) is 24.5 Å². The molecule has 7 nitrogen and oxygen atoms in total. The van der Waals surface area contributed by atoms with Crippen molar-refractivity contribution in [1.82, 2.24) is 15.5 Å². The molecule has 1 fully saturated rings. The van der Waals surface area contributed by atoms with Crippen LogP contribution in [-0.4, -0.2) is 54.6 Å². The molecule has 0 unspecified atom stereocenters. The zero-order chi connectivity index (χ0) is 22.8. The minimum absolute atomic E-state index is 0.131. The monoisotopic (exact) mass is 475 g/mol. The number of ketones is 1. The van der Waals surface area contributed by atoms with Gasteiger partial charge in [-0.1, -0.05) is 50.6 Å². The van der Waals surface area contributed by atoms with Crippen LogP contribution in [0.3, 0.4) is 0 Å². The van der Waals surface area contributed by atoms with Gasteiger partial charge in [0.05, 0.1) is 28.9 Å². The van der Waals surface area contributed by atoms with Crippen molar-refractivity contribution in [3.63, 3.8) is 0 Å². The largest absolute Gasteiger partial charge is 0.356 e. The minimum atomic E-state index is -0.478. The van der Waals surface area contributed by atoms with Gasteiger partial charge in [-0.3, -0.25) is 19.2 Å². The molecule has 0 aromatic carbocycles. The van der Waals surface area contributed by atoms with Gasteiger partial charge in [0.15, 0.2) is 5.78 Å². The molecule has 0 bridgehead atoms. The molecule has 30 heavy (non-hydrogen) atoms. The third-order valence-corrected chi connectivity index (χ3v) is 5.64. The summed E-state index contributed by atoms with van der Waals surface area (Å²) in [5.41, 5.74) is 0. The Morgan fingerprint density at radius 1 is 1.37 bits per heavy atom. The van der Waals surface area contributed by atoms with Crippen LogP contribution in [0.4, 0.5) is 0 Å². The number of carbonyl (C=O) groups excluding carboxylic acids is 4. The van der Waals surface area contributed by atoms with Crippen molar-refractivity contribution in [3.8, 4) is 0 Å². The number of amides is 3. The highest BCUT2D eigenvalue weighted by atomic mass is 35.5. The van der Waals surface area contributed by atoms with Crippen molar-refractivity contribution in [2.24, 2.45) is 11.8 Å². The number of carbonyl (C=O) groups is 4. The first kappa shape index (κ1) is 26.1. The molecule has 0 spiro atoms. The number of Topliss-reactive ketones (excluding diaryl/α,β-unsaturated/α-hetero) is 1. The van der Waals surface area contributed by atoms with E-state index in [1.165, 1.54) is 11.0 Å². The average molecular weight is 476 g/mol. The Morgan fingerprint density at radius 2 is 2.00 bits per heavy atom. The first-order valence-electron chi connectivity index (χ1n) is 9.48. The summed E-state index contributed by atoms with van der Waals surface area (Å²) in [6.07, 6.45) is 1.69. The normalized spacial score (nSPS) is 15.1. The Morgan fingerprint density at radius 3 is 2.47 bits per heavy atom. The lowest BCUT2D eigenvalue weighted by molar-refractivity contribution is -0.133. The smallest absolute Gasteiger partial charge is 0.261 e. The first-order valence-corrected chi connectivity index (χ1v) is 11.1. The van der Waals surface area contributed by atoms with E-state index in [1.54, 1.807) is 0 Å². The van der Waals surface area contributed by atoms with Crippen molar-refractivity contribution in [1.29, 1.82) is 0 Å². The van der Waals surface area contributed by atoms with Crippen molar-refractivity contribution in [2.45, 2.75) is 27.2 Å². The van der Waals surface area contributed by atoms with E-state index in [9.17, 15) is 19.2 Å². The lowest BCUT2D eigenvalue weighted by atomic mass is 10.1. The van der Waals surface area contributed by atoms with Crippen LogP contribution in [0.1, 0.15) is 36.9 Å². The van der Waals surface area contributed by atoms with Crippen LogP contribution in [0.5, 0.6) is 0 Å². The van der Waals surface area contributed by atoms with Gasteiger partial charge in [0.1, 0.15) is 4.34 Å². The SMILES string of the molecule is C=CC(=O)N(CC(=O)CNC(=O)c1cc(Cl)c(Cl)s1)C[C@@H]1CCNC1=O.CC(C)C. The second-order valence-corrected chi connectivity index (χ2v) is 9.45. The zero-order valence-electron chi connectivity index (χ0n) is 17.3. The highest BCUT2D eigenvalue weighted by Gasteiger charge is 2.28. The van der Waals surface area contributed by atoms with Crippen molar-refractivity contribution >= 4 is 58.0 Å². The maximum absolute atomic E-state index is 12.1. The van der Waals surface area contributed by atoms with Crippen LogP contribution in [0.15, 0.2) is 18.7 Å². The van der Waals surface area contributed by atoms with Gasteiger partial charge in [-0.25, -0.2) is 0 Å². The van der Waals surface area contributed by atoms with E-state index in [0.29, 0.717) is 17.3 Å². The van der Waals surface area contributed by atoms with E-state index in [-0.39, 0.29) is 47.1 Å². The van der Waals surface area contributed by atoms with Crippen molar-refractivity contribution < 1.29 is 19.2 Å². The zero-order valence-corrected chi connectivity index (χ0v) is 19.6. The molecule has 1 aromatic rings. The van der Waals surface area contributed by atoms with Gasteiger partial charge in [0.25, 0.3) is 5.91 Å². The van der Waals surface area contributed by atoms with Crippen LogP contribution >= 0.6 is 34.5 Å². The summed E-state index contributed by atoms with van der Waals surface area (Å²) in [5, 5.41) is 5.42. The number of hydrogen-bond acceptors (Lipinski definition) is 5. The number of nitrogens with zero attached hydrogens (tertiary/aromatic N) is 1. The fourth-order valence-electron chi connectivity index (χ4n) is 2.44. The Balaban J connectivity index is 0.00000103. The highest BCUT2D eigenvalue weighted by Crippen LogP contribution is 2.31. The molecule has 0 radical (unpaired) electrons. The maximum Gasteiger partial charge on any atom is 0.261 e. The fourth-order valence-corrected chi connectivity index (χ4v) is 3.72. The van der Waals surface area contributed by atoms with Gasteiger partial charge in [-0.15, -0.1) is 11.3 Å². The molecule has 0 aliphatic carbocycles. The van der Waals surface area contributed by atoms with Gasteiger partial charge in [-0.2, -0.15) is 0 Å². The van der Waals surface area contributed by atoms with Crippen LogP contribution in [0, 0.1) is 11.8 Å². The molecule has 1 atom stereocenters. The predicted molar refractivity (Wildman–Crippen MR) is 120 cm³/mol. The Labute approximate surface area is 190 Å². The molecule has 1 aliphatic heterocycles. The molecule has 1 saturated heterocycles. The second kappa shape index (κ2) is 12.7. The number of nitrogens with one attached hydrogen (secondary N) is 2. The Kier molecular flexibility index (Phi) is 11.1. The molecular formula is C20H27Cl2N3O4S. The summed E-state index contributed by atoms with van der Waals surface area (Å²) in [6.45, 7) is 10.1. The van der Waals surface area contributed by atoms with E-state index in [0.717, 1.165) is 23.3 Å². The van der Waals surface area contributed by atoms with Gasteiger partial charge < -0.3 is 15.5 Å². The molecule has 166 valence electrons. The van der Waals surface area contributed by atoms with Crippen LogP contribution in [-0.2, 0) is 14.4 Å². The Hall–Kier alpha value is -1.90. The van der Waals surface area contributed by atoms with E-state index >= 15 is 0 Å². The number of thiophene rings is 1. The summed E-state index contributed by atoms with van der Waals surface area (Å²) in [5.74, 6) is -0.952. The van der Waals surface area contributed by atoms with E-state index in [2.05, 4.69) is 38.0 Å². The molecule has 2 N–H and O–H groups in total. The molecule has 2 rings (SSSR count). The maximum atomic E-state index is 12.1. The molecule has 0 saturated carbocycles. The second-order valence-electron chi connectivity index (χ2n) is 7.39. The molecular weight excluding hydrogens is 449 g/mol. The minimum Gasteiger partial charge on any atom is -0.356 e. The third kappa shape index (κ3) is 8.85. The summed E-state index contributed by atoms with van der Waals surface area (Å²) >= 11 is 12.6. The molecule has 1 aliphatic rings. The average Bonchev–Trinajstić information content (AvgIpc) is 3.23. The number of hydrogen-bond donors (Lipinski definition) is 2. The van der Waals surface area contributed by atoms with Crippen LogP contribution in [0.2, 0.25) is 9.36 Å². The number of rotatable bonds is 8. The van der Waals surface area contributed by atoms with E-state index in [4.69, 9.17) is 23.2 Å². The predicted octanol–water partition coefficient (Wildman–Crippen LogP) is 3.17.